The highest BCUT2D eigenvalue weighted by Gasteiger charge is 2.28. The molecule has 1 rings (SSSR count). The smallest absolute Gasteiger partial charge is 0.157 e. The molecule has 2 nitrogen and oxygen atoms in total. The summed E-state index contributed by atoms with van der Waals surface area (Å²) in [5.41, 5.74) is 1.22. The molecule has 0 fully saturated rings. The van der Waals surface area contributed by atoms with E-state index in [-0.39, 0.29) is 11.2 Å². The number of carbonyl (C=O) groups excluding carboxylic acids is 1. The van der Waals surface area contributed by atoms with Crippen LogP contribution in [0.3, 0.4) is 0 Å². The standard InChI is InChI=1S/C11H18ClNO/c1-11(2)7-9(6-10(14)8-11)13(3)5-4-12/h6H,4-5,7-8H2,1-3H3. The van der Waals surface area contributed by atoms with Crippen LogP contribution in [0.5, 0.6) is 0 Å². The van der Waals surface area contributed by atoms with Gasteiger partial charge in [0.2, 0.25) is 0 Å². The van der Waals surface area contributed by atoms with Gasteiger partial charge in [0, 0.05) is 37.7 Å². The Morgan fingerprint density at radius 3 is 2.64 bits per heavy atom. The predicted octanol–water partition coefficient (Wildman–Crippen LogP) is 2.43. The third-order valence-corrected chi connectivity index (χ3v) is 2.72. The van der Waals surface area contributed by atoms with Crippen LogP contribution in [0.1, 0.15) is 26.7 Å². The van der Waals surface area contributed by atoms with E-state index in [1.807, 2.05) is 7.05 Å². The van der Waals surface area contributed by atoms with Gasteiger partial charge in [-0.15, -0.1) is 11.6 Å². The molecule has 0 radical (unpaired) electrons. The minimum atomic E-state index is 0.0989. The zero-order valence-electron chi connectivity index (χ0n) is 9.14. The van der Waals surface area contributed by atoms with Crippen LogP contribution < -0.4 is 0 Å². The molecule has 80 valence electrons. The Labute approximate surface area is 90.9 Å². The van der Waals surface area contributed by atoms with Crippen LogP contribution in [0.25, 0.3) is 0 Å². The fourth-order valence-corrected chi connectivity index (χ4v) is 2.08. The van der Waals surface area contributed by atoms with Gasteiger partial charge in [-0.1, -0.05) is 13.8 Å². The summed E-state index contributed by atoms with van der Waals surface area (Å²) < 4.78 is 0. The van der Waals surface area contributed by atoms with Gasteiger partial charge in [-0.2, -0.15) is 0 Å². The van der Waals surface area contributed by atoms with Gasteiger partial charge in [0.05, 0.1) is 0 Å². The highest BCUT2D eigenvalue weighted by Crippen LogP contribution is 2.34. The van der Waals surface area contributed by atoms with Crippen LogP contribution in [-0.2, 0) is 4.79 Å². The van der Waals surface area contributed by atoms with Crippen LogP contribution in [0.15, 0.2) is 11.8 Å². The molecule has 0 atom stereocenters. The van der Waals surface area contributed by atoms with E-state index >= 15 is 0 Å². The monoisotopic (exact) mass is 215 g/mol. The molecule has 1 aliphatic carbocycles. The summed E-state index contributed by atoms with van der Waals surface area (Å²) in [5, 5.41) is 0. The summed E-state index contributed by atoms with van der Waals surface area (Å²) in [5.74, 6) is 0.834. The van der Waals surface area contributed by atoms with Crippen molar-refractivity contribution >= 4 is 17.4 Å². The third kappa shape index (κ3) is 3.02. The average molecular weight is 216 g/mol. The average Bonchev–Trinajstić information content (AvgIpc) is 2.00. The van der Waals surface area contributed by atoms with Crippen LogP contribution >= 0.6 is 11.6 Å². The van der Waals surface area contributed by atoms with Crippen molar-refractivity contribution in [2.45, 2.75) is 26.7 Å². The molecule has 3 heteroatoms. The maximum absolute atomic E-state index is 11.5. The molecule has 0 unspecified atom stereocenters. The number of nitrogens with zero attached hydrogens (tertiary/aromatic N) is 1. The van der Waals surface area contributed by atoms with E-state index < -0.39 is 0 Å². The summed E-state index contributed by atoms with van der Waals surface area (Å²) >= 11 is 5.67. The first-order valence-electron chi connectivity index (χ1n) is 4.95. The molecule has 0 saturated heterocycles. The SMILES string of the molecule is CN(CCCl)C1=CC(=O)CC(C)(C)C1. The molecule has 0 saturated carbocycles. The van der Waals surface area contributed by atoms with Gasteiger partial charge in [-0.05, 0) is 11.8 Å². The van der Waals surface area contributed by atoms with Crippen LogP contribution in [0.4, 0.5) is 0 Å². The lowest BCUT2D eigenvalue weighted by Crippen LogP contribution is -2.30. The number of allylic oxidation sites excluding steroid dienone is 2. The first kappa shape index (κ1) is 11.6. The maximum Gasteiger partial charge on any atom is 0.157 e. The molecule has 0 aromatic heterocycles. The highest BCUT2D eigenvalue weighted by molar-refractivity contribution is 6.18. The third-order valence-electron chi connectivity index (χ3n) is 2.55. The van der Waals surface area contributed by atoms with E-state index in [0.29, 0.717) is 12.3 Å². The highest BCUT2D eigenvalue weighted by atomic mass is 35.5. The second-order valence-electron chi connectivity index (χ2n) is 4.73. The number of hydrogen-bond acceptors (Lipinski definition) is 2. The molecule has 0 amide bonds. The van der Waals surface area contributed by atoms with E-state index in [2.05, 4.69) is 18.7 Å². The van der Waals surface area contributed by atoms with Crippen LogP contribution in [0.2, 0.25) is 0 Å². The van der Waals surface area contributed by atoms with E-state index in [0.717, 1.165) is 18.7 Å². The van der Waals surface area contributed by atoms with Gasteiger partial charge >= 0.3 is 0 Å². The summed E-state index contributed by atoms with van der Waals surface area (Å²) in [6, 6.07) is 0. The second kappa shape index (κ2) is 4.35. The largest absolute Gasteiger partial charge is 0.377 e. The lowest BCUT2D eigenvalue weighted by molar-refractivity contribution is -0.117. The summed E-state index contributed by atoms with van der Waals surface area (Å²) in [7, 11) is 1.99. The number of ketones is 1. The van der Waals surface area contributed by atoms with Crippen molar-refractivity contribution in [3.8, 4) is 0 Å². The van der Waals surface area contributed by atoms with E-state index in [1.165, 1.54) is 0 Å². The zero-order valence-corrected chi connectivity index (χ0v) is 9.90. The first-order chi connectivity index (χ1) is 6.44. The number of carbonyl (C=O) groups is 1. The molecule has 1 aliphatic rings. The van der Waals surface area contributed by atoms with Crippen molar-refractivity contribution in [2.24, 2.45) is 5.41 Å². The van der Waals surface area contributed by atoms with Crippen molar-refractivity contribution in [3.63, 3.8) is 0 Å². The first-order valence-corrected chi connectivity index (χ1v) is 5.48. The minimum Gasteiger partial charge on any atom is -0.377 e. The van der Waals surface area contributed by atoms with Crippen molar-refractivity contribution in [1.29, 1.82) is 0 Å². The van der Waals surface area contributed by atoms with Gasteiger partial charge in [0.1, 0.15) is 0 Å². The predicted molar refractivity (Wildman–Crippen MR) is 59.5 cm³/mol. The van der Waals surface area contributed by atoms with Crippen molar-refractivity contribution in [2.75, 3.05) is 19.5 Å². The van der Waals surface area contributed by atoms with Gasteiger partial charge in [-0.25, -0.2) is 0 Å². The van der Waals surface area contributed by atoms with Gasteiger partial charge < -0.3 is 4.90 Å². The lowest BCUT2D eigenvalue weighted by Gasteiger charge is -2.33. The van der Waals surface area contributed by atoms with E-state index in [9.17, 15) is 4.79 Å². The second-order valence-corrected chi connectivity index (χ2v) is 5.11. The van der Waals surface area contributed by atoms with Crippen LogP contribution in [0, 0.1) is 5.41 Å². The van der Waals surface area contributed by atoms with Gasteiger partial charge in [0.15, 0.2) is 5.78 Å². The molecule has 0 aromatic carbocycles. The topological polar surface area (TPSA) is 20.3 Å². The van der Waals surface area contributed by atoms with Crippen molar-refractivity contribution < 1.29 is 4.79 Å². The quantitative estimate of drug-likeness (QED) is 0.674. The van der Waals surface area contributed by atoms with Crippen LogP contribution in [-0.4, -0.2) is 30.2 Å². The number of alkyl halides is 1. The van der Waals surface area contributed by atoms with Crippen molar-refractivity contribution in [3.05, 3.63) is 11.8 Å². The normalized spacial score (nSPS) is 20.6. The molecule has 0 N–H and O–H groups in total. The Morgan fingerprint density at radius 2 is 2.14 bits per heavy atom. The Bertz CT molecular complexity index is 258. The molecule has 0 spiro atoms. The summed E-state index contributed by atoms with van der Waals surface area (Å²) in [6.45, 7) is 5.07. The Morgan fingerprint density at radius 1 is 1.50 bits per heavy atom. The molecule has 14 heavy (non-hydrogen) atoms. The minimum absolute atomic E-state index is 0.0989. The fourth-order valence-electron chi connectivity index (χ4n) is 1.83. The number of hydrogen-bond donors (Lipinski definition) is 0. The van der Waals surface area contributed by atoms with E-state index in [4.69, 9.17) is 11.6 Å². The number of halogens is 1. The Kier molecular flexibility index (Phi) is 3.59. The van der Waals surface area contributed by atoms with E-state index in [1.54, 1.807) is 6.08 Å². The molecule has 0 aliphatic heterocycles. The molecule has 0 aromatic rings. The van der Waals surface area contributed by atoms with Gasteiger partial charge in [0.25, 0.3) is 0 Å². The Balaban J connectivity index is 2.73. The fraction of sp³-hybridized carbons (Fsp3) is 0.727. The van der Waals surface area contributed by atoms with Gasteiger partial charge in [-0.3, -0.25) is 4.79 Å². The molecule has 0 heterocycles. The Hall–Kier alpha value is -0.500. The zero-order chi connectivity index (χ0) is 10.8. The van der Waals surface area contributed by atoms with Crippen molar-refractivity contribution in [1.82, 2.24) is 4.90 Å². The molecular formula is C11H18ClNO. The number of rotatable bonds is 3. The maximum atomic E-state index is 11.5. The lowest BCUT2D eigenvalue weighted by atomic mass is 9.78. The molecular weight excluding hydrogens is 198 g/mol. The molecule has 0 bridgehead atoms. The summed E-state index contributed by atoms with van der Waals surface area (Å²) in [4.78, 5) is 13.5. The summed E-state index contributed by atoms with van der Waals surface area (Å²) in [6.07, 6.45) is 3.38.